The first kappa shape index (κ1) is 14.6. The molecule has 0 saturated heterocycles. The van der Waals surface area contributed by atoms with E-state index in [2.05, 4.69) is 13.8 Å². The summed E-state index contributed by atoms with van der Waals surface area (Å²) in [6.45, 7) is 5.34. The molecule has 0 amide bonds. The Morgan fingerprint density at radius 2 is 1.29 bits per heavy atom. The van der Waals surface area contributed by atoms with Gasteiger partial charge in [-0.05, 0) is 79.4 Å². The molecule has 0 spiro atoms. The summed E-state index contributed by atoms with van der Waals surface area (Å²) in [6.07, 6.45) is 18.6. The zero-order valence-electron chi connectivity index (χ0n) is 14.4. The van der Waals surface area contributed by atoms with Gasteiger partial charge in [0.2, 0.25) is 0 Å². The van der Waals surface area contributed by atoms with Gasteiger partial charge in [-0.25, -0.2) is 0 Å². The molecule has 0 heterocycles. The molecule has 5 unspecified atom stereocenters. The Labute approximate surface area is 132 Å². The SMILES string of the molecule is CC(C)(C1CCCCC1)C1CCC2CCCC3CCC1C32. The lowest BCUT2D eigenvalue weighted by Crippen LogP contribution is -2.45. The van der Waals surface area contributed by atoms with Crippen molar-refractivity contribution >= 4 is 0 Å². The molecule has 5 atom stereocenters. The molecule has 120 valence electrons. The van der Waals surface area contributed by atoms with Gasteiger partial charge in [0.05, 0.1) is 0 Å². The zero-order valence-corrected chi connectivity index (χ0v) is 14.4. The van der Waals surface area contributed by atoms with Crippen molar-refractivity contribution in [2.45, 2.75) is 90.9 Å². The summed E-state index contributed by atoms with van der Waals surface area (Å²) in [4.78, 5) is 0. The van der Waals surface area contributed by atoms with Crippen LogP contribution in [0.25, 0.3) is 0 Å². The van der Waals surface area contributed by atoms with E-state index in [-0.39, 0.29) is 0 Å². The summed E-state index contributed by atoms with van der Waals surface area (Å²) in [7, 11) is 0. The van der Waals surface area contributed by atoms with Gasteiger partial charge in [0.25, 0.3) is 0 Å². The Morgan fingerprint density at radius 3 is 2.00 bits per heavy atom. The minimum Gasteiger partial charge on any atom is -0.0594 e. The number of rotatable bonds is 2. The van der Waals surface area contributed by atoms with Gasteiger partial charge >= 0.3 is 0 Å². The maximum Gasteiger partial charge on any atom is -0.0295 e. The molecule has 0 aromatic rings. The molecule has 0 bridgehead atoms. The molecular weight excluding hydrogens is 252 g/mol. The minimum absolute atomic E-state index is 0.627. The summed E-state index contributed by atoms with van der Waals surface area (Å²) in [5.74, 6) is 6.64. The topological polar surface area (TPSA) is 0 Å². The van der Waals surface area contributed by atoms with Gasteiger partial charge in [0, 0.05) is 0 Å². The van der Waals surface area contributed by atoms with Crippen molar-refractivity contribution in [1.82, 2.24) is 0 Å². The Kier molecular flexibility index (Phi) is 3.87. The maximum atomic E-state index is 2.67. The first-order valence-electron chi connectivity index (χ1n) is 10.2. The van der Waals surface area contributed by atoms with Crippen molar-refractivity contribution in [3.05, 3.63) is 0 Å². The van der Waals surface area contributed by atoms with Gasteiger partial charge in [0.15, 0.2) is 0 Å². The number of hydrogen-bond donors (Lipinski definition) is 0. The molecule has 0 radical (unpaired) electrons. The molecule has 4 aliphatic rings. The van der Waals surface area contributed by atoms with E-state index in [0.29, 0.717) is 5.41 Å². The fraction of sp³-hybridized carbons (Fsp3) is 1.00. The lowest BCUT2D eigenvalue weighted by Gasteiger charge is -2.53. The summed E-state index contributed by atoms with van der Waals surface area (Å²) in [5.41, 5.74) is 0.627. The highest BCUT2D eigenvalue weighted by Gasteiger charge is 2.53. The van der Waals surface area contributed by atoms with Crippen LogP contribution < -0.4 is 0 Å². The Balaban J connectivity index is 1.54. The van der Waals surface area contributed by atoms with Gasteiger partial charge in [-0.3, -0.25) is 0 Å². The molecule has 0 aliphatic heterocycles. The zero-order chi connectivity index (χ0) is 14.4. The minimum atomic E-state index is 0.627. The highest BCUT2D eigenvalue weighted by atomic mass is 14.6. The third-order valence-electron chi connectivity index (χ3n) is 8.58. The third kappa shape index (κ3) is 2.40. The van der Waals surface area contributed by atoms with E-state index in [0.717, 1.165) is 35.5 Å². The van der Waals surface area contributed by atoms with Crippen LogP contribution in [0.5, 0.6) is 0 Å². The molecule has 0 heteroatoms. The summed E-state index contributed by atoms with van der Waals surface area (Å²) in [5, 5.41) is 0. The second-order valence-electron chi connectivity index (χ2n) is 9.61. The first-order chi connectivity index (χ1) is 10.2. The lowest BCUT2D eigenvalue weighted by atomic mass is 9.52. The highest BCUT2D eigenvalue weighted by molar-refractivity contribution is 5.02. The molecule has 4 rings (SSSR count). The van der Waals surface area contributed by atoms with Gasteiger partial charge in [-0.1, -0.05) is 52.4 Å². The van der Waals surface area contributed by atoms with E-state index < -0.39 is 0 Å². The molecule has 4 aliphatic carbocycles. The van der Waals surface area contributed by atoms with Crippen LogP contribution in [0.4, 0.5) is 0 Å². The molecule has 0 aromatic carbocycles. The van der Waals surface area contributed by atoms with Crippen LogP contribution in [0.3, 0.4) is 0 Å². The maximum absolute atomic E-state index is 2.67. The average Bonchev–Trinajstić information content (AvgIpc) is 2.94. The molecule has 21 heavy (non-hydrogen) atoms. The smallest absolute Gasteiger partial charge is 0.0295 e. The van der Waals surface area contributed by atoms with E-state index in [4.69, 9.17) is 0 Å². The van der Waals surface area contributed by atoms with Gasteiger partial charge in [-0.2, -0.15) is 0 Å². The van der Waals surface area contributed by atoms with Crippen molar-refractivity contribution in [2.24, 2.45) is 40.9 Å². The molecule has 0 nitrogen and oxygen atoms in total. The van der Waals surface area contributed by atoms with Crippen molar-refractivity contribution < 1.29 is 0 Å². The monoisotopic (exact) mass is 288 g/mol. The van der Waals surface area contributed by atoms with E-state index >= 15 is 0 Å². The van der Waals surface area contributed by atoms with Crippen molar-refractivity contribution in [3.63, 3.8) is 0 Å². The van der Waals surface area contributed by atoms with Gasteiger partial charge in [0.1, 0.15) is 0 Å². The molecule has 4 fully saturated rings. The second kappa shape index (κ2) is 5.57. The van der Waals surface area contributed by atoms with Crippen LogP contribution in [-0.2, 0) is 0 Å². The third-order valence-corrected chi connectivity index (χ3v) is 8.58. The Bertz CT molecular complexity index is 362. The molecular formula is C21H36. The molecule has 0 N–H and O–H groups in total. The summed E-state index contributed by atoms with van der Waals surface area (Å²) in [6, 6.07) is 0. The molecule has 0 aromatic heterocycles. The normalized spacial score (nSPS) is 44.6. The summed E-state index contributed by atoms with van der Waals surface area (Å²) < 4.78 is 0. The predicted molar refractivity (Wildman–Crippen MR) is 90.1 cm³/mol. The van der Waals surface area contributed by atoms with Crippen molar-refractivity contribution in [3.8, 4) is 0 Å². The van der Waals surface area contributed by atoms with E-state index in [9.17, 15) is 0 Å². The average molecular weight is 289 g/mol. The first-order valence-corrected chi connectivity index (χ1v) is 10.2. The van der Waals surface area contributed by atoms with Crippen LogP contribution in [0.15, 0.2) is 0 Å². The predicted octanol–water partition coefficient (Wildman–Crippen LogP) is 6.45. The quantitative estimate of drug-likeness (QED) is 0.548. The fourth-order valence-corrected chi connectivity index (χ4v) is 7.53. The van der Waals surface area contributed by atoms with Crippen molar-refractivity contribution in [2.75, 3.05) is 0 Å². The Hall–Kier alpha value is 0. The van der Waals surface area contributed by atoms with Crippen LogP contribution in [-0.4, -0.2) is 0 Å². The van der Waals surface area contributed by atoms with Gasteiger partial charge < -0.3 is 0 Å². The van der Waals surface area contributed by atoms with Crippen LogP contribution in [0, 0.1) is 40.9 Å². The highest BCUT2D eigenvalue weighted by Crippen LogP contribution is 2.61. The van der Waals surface area contributed by atoms with Crippen LogP contribution in [0.1, 0.15) is 90.9 Å². The second-order valence-corrected chi connectivity index (χ2v) is 9.61. The molecule has 4 saturated carbocycles. The van der Waals surface area contributed by atoms with Crippen molar-refractivity contribution in [1.29, 1.82) is 0 Å². The summed E-state index contributed by atoms with van der Waals surface area (Å²) >= 11 is 0. The largest absolute Gasteiger partial charge is 0.0594 e. The van der Waals surface area contributed by atoms with Crippen LogP contribution >= 0.6 is 0 Å². The lowest BCUT2D eigenvalue weighted by molar-refractivity contribution is -0.0342. The number of hydrogen-bond acceptors (Lipinski definition) is 0. The van der Waals surface area contributed by atoms with Crippen LogP contribution in [0.2, 0.25) is 0 Å². The van der Waals surface area contributed by atoms with Gasteiger partial charge in [-0.15, -0.1) is 0 Å². The van der Waals surface area contributed by atoms with E-state index in [1.165, 1.54) is 32.1 Å². The van der Waals surface area contributed by atoms with E-state index in [1.54, 1.807) is 44.9 Å². The standard InChI is InChI=1S/C21H36/c1-21(2,17-9-4-3-5-10-17)19-14-12-16-8-6-7-15-11-13-18(19)20(15)16/h15-20H,3-14H2,1-2H3. The fourth-order valence-electron chi connectivity index (χ4n) is 7.53. The Morgan fingerprint density at radius 1 is 0.619 bits per heavy atom. The van der Waals surface area contributed by atoms with E-state index in [1.807, 2.05) is 0 Å².